The van der Waals surface area contributed by atoms with E-state index >= 15 is 0 Å². The molecule has 3 aromatic rings. The van der Waals surface area contributed by atoms with Gasteiger partial charge in [-0.1, -0.05) is 24.3 Å². The second-order valence-electron chi connectivity index (χ2n) is 8.60. The molecule has 28 heavy (non-hydrogen) atoms. The number of nitrogens with zero attached hydrogens (tertiary/aromatic N) is 3. The van der Waals surface area contributed by atoms with E-state index < -0.39 is 0 Å². The number of rotatable bonds is 1. The number of amides is 1. The average molecular weight is 374 g/mol. The first-order chi connectivity index (χ1) is 13.4. The van der Waals surface area contributed by atoms with Crippen molar-refractivity contribution >= 4 is 17.2 Å². The minimum Gasteiger partial charge on any atom is -0.376 e. The Bertz CT molecular complexity index is 1100. The van der Waals surface area contributed by atoms with Crippen LogP contribution in [0.2, 0.25) is 0 Å². The van der Waals surface area contributed by atoms with Crippen molar-refractivity contribution in [2.75, 3.05) is 19.4 Å². The summed E-state index contributed by atoms with van der Waals surface area (Å²) in [6.07, 6.45) is 5.96. The van der Waals surface area contributed by atoms with Gasteiger partial charge in [0.25, 0.3) is 5.91 Å². The van der Waals surface area contributed by atoms with Gasteiger partial charge in [-0.05, 0) is 56.2 Å². The smallest absolute Gasteiger partial charge is 0.255 e. The van der Waals surface area contributed by atoms with Crippen molar-refractivity contribution in [3.8, 4) is 0 Å². The lowest BCUT2D eigenvalue weighted by Gasteiger charge is -2.38. The quantitative estimate of drug-likeness (QED) is 0.709. The topological polar surface area (TPSA) is 49.6 Å². The van der Waals surface area contributed by atoms with Crippen molar-refractivity contribution in [2.24, 2.45) is 0 Å². The third-order valence-corrected chi connectivity index (χ3v) is 6.55. The summed E-state index contributed by atoms with van der Waals surface area (Å²) in [5.74, 6) is 0.0522. The standard InChI is InChI=1S/C23H26N4O/c1-14-15(2)27-13-19(22(28)26(3)4)18-9-10-23(25-20(18)21(27)24-14)11-16-7-5-6-8-17(16)12-23/h5-8,13,25H,9-12H2,1-4H3. The van der Waals surface area contributed by atoms with Crippen molar-refractivity contribution in [3.05, 3.63) is 64.1 Å². The number of anilines is 1. The van der Waals surface area contributed by atoms with E-state index in [4.69, 9.17) is 4.98 Å². The summed E-state index contributed by atoms with van der Waals surface area (Å²) < 4.78 is 2.08. The van der Waals surface area contributed by atoms with Gasteiger partial charge in [0.05, 0.1) is 16.9 Å². The molecule has 144 valence electrons. The number of carbonyl (C=O) groups excluding carboxylic acids is 1. The molecule has 1 aromatic carbocycles. The number of hydrogen-bond acceptors (Lipinski definition) is 3. The van der Waals surface area contributed by atoms with E-state index in [0.29, 0.717) is 0 Å². The minimum atomic E-state index is 0.0186. The van der Waals surface area contributed by atoms with Gasteiger partial charge in [-0.15, -0.1) is 0 Å². The Morgan fingerprint density at radius 1 is 1.18 bits per heavy atom. The second-order valence-corrected chi connectivity index (χ2v) is 8.60. The summed E-state index contributed by atoms with van der Waals surface area (Å²) in [5.41, 5.74) is 8.86. The summed E-state index contributed by atoms with van der Waals surface area (Å²) >= 11 is 0. The number of aromatic nitrogens is 2. The highest BCUT2D eigenvalue weighted by Crippen LogP contribution is 2.43. The fraction of sp³-hybridized carbons (Fsp3) is 0.391. The maximum atomic E-state index is 12.9. The Morgan fingerprint density at radius 2 is 1.86 bits per heavy atom. The van der Waals surface area contributed by atoms with E-state index in [9.17, 15) is 4.79 Å². The number of aryl methyl sites for hydroxylation is 2. The SMILES string of the molecule is Cc1nc2c3c(c(C(=O)N(C)C)cn2c1C)CCC1(Cc2ccccc2C1)N3. The van der Waals surface area contributed by atoms with Gasteiger partial charge >= 0.3 is 0 Å². The summed E-state index contributed by atoms with van der Waals surface area (Å²) in [6, 6.07) is 8.74. The lowest BCUT2D eigenvalue weighted by Crippen LogP contribution is -2.43. The molecular formula is C23H26N4O. The molecule has 3 heterocycles. The van der Waals surface area contributed by atoms with Gasteiger partial charge in [0.15, 0.2) is 5.65 Å². The third-order valence-electron chi connectivity index (χ3n) is 6.55. The highest BCUT2D eigenvalue weighted by Gasteiger charge is 2.41. The molecule has 0 bridgehead atoms. The van der Waals surface area contributed by atoms with E-state index in [2.05, 4.69) is 40.9 Å². The summed E-state index contributed by atoms with van der Waals surface area (Å²) in [4.78, 5) is 19.4. The molecule has 0 saturated carbocycles. The summed E-state index contributed by atoms with van der Waals surface area (Å²) in [5, 5.41) is 3.88. The maximum Gasteiger partial charge on any atom is 0.255 e. The van der Waals surface area contributed by atoms with E-state index in [1.807, 2.05) is 27.2 Å². The van der Waals surface area contributed by atoms with E-state index in [-0.39, 0.29) is 11.4 Å². The van der Waals surface area contributed by atoms with Crippen LogP contribution in [0.5, 0.6) is 0 Å². The largest absolute Gasteiger partial charge is 0.376 e. The van der Waals surface area contributed by atoms with E-state index in [1.54, 1.807) is 4.90 Å². The van der Waals surface area contributed by atoms with Gasteiger partial charge in [0, 0.05) is 31.5 Å². The second kappa shape index (κ2) is 5.84. The average Bonchev–Trinajstić information content (AvgIpc) is 3.17. The molecule has 5 rings (SSSR count). The summed E-state index contributed by atoms with van der Waals surface area (Å²) in [7, 11) is 3.63. The fourth-order valence-corrected chi connectivity index (χ4v) is 4.91. The van der Waals surface area contributed by atoms with E-state index in [1.165, 1.54) is 11.1 Å². The zero-order valence-electron chi connectivity index (χ0n) is 17.0. The normalized spacial score (nSPS) is 16.7. The first kappa shape index (κ1) is 17.3. The lowest BCUT2D eigenvalue weighted by atomic mass is 9.82. The molecule has 0 unspecified atom stereocenters. The zero-order valence-corrected chi connectivity index (χ0v) is 17.0. The molecule has 5 heteroatoms. The molecule has 1 aliphatic carbocycles. The van der Waals surface area contributed by atoms with Gasteiger partial charge in [0.1, 0.15) is 0 Å². The molecule has 2 aromatic heterocycles. The molecule has 1 spiro atoms. The van der Waals surface area contributed by atoms with Crippen LogP contribution in [0, 0.1) is 13.8 Å². The minimum absolute atomic E-state index is 0.0186. The van der Waals surface area contributed by atoms with Crippen LogP contribution in [-0.4, -0.2) is 39.8 Å². The highest BCUT2D eigenvalue weighted by atomic mass is 16.2. The van der Waals surface area contributed by atoms with Crippen molar-refractivity contribution in [1.29, 1.82) is 0 Å². The Kier molecular flexibility index (Phi) is 3.60. The molecule has 1 amide bonds. The van der Waals surface area contributed by atoms with Crippen LogP contribution in [0.3, 0.4) is 0 Å². The molecule has 0 atom stereocenters. The number of imidazole rings is 1. The predicted molar refractivity (Wildman–Crippen MR) is 111 cm³/mol. The molecule has 1 aliphatic heterocycles. The van der Waals surface area contributed by atoms with Crippen LogP contribution in [0.1, 0.15) is 44.9 Å². The van der Waals surface area contributed by atoms with Crippen molar-refractivity contribution in [3.63, 3.8) is 0 Å². The van der Waals surface area contributed by atoms with Crippen molar-refractivity contribution in [2.45, 2.75) is 45.1 Å². The summed E-state index contributed by atoms with van der Waals surface area (Å²) in [6.45, 7) is 4.10. The first-order valence-electron chi connectivity index (χ1n) is 9.96. The fourth-order valence-electron chi connectivity index (χ4n) is 4.91. The van der Waals surface area contributed by atoms with Crippen LogP contribution in [0.25, 0.3) is 5.65 Å². The highest BCUT2D eigenvalue weighted by molar-refractivity contribution is 5.98. The molecular weight excluding hydrogens is 348 g/mol. The third kappa shape index (κ3) is 2.38. The number of benzene rings is 1. The lowest BCUT2D eigenvalue weighted by molar-refractivity contribution is 0.0825. The number of pyridine rings is 1. The number of fused-ring (bicyclic) bond motifs is 4. The van der Waals surface area contributed by atoms with Crippen LogP contribution in [-0.2, 0) is 19.3 Å². The van der Waals surface area contributed by atoms with Gasteiger partial charge in [0.2, 0.25) is 0 Å². The maximum absolute atomic E-state index is 12.9. The first-order valence-corrected chi connectivity index (χ1v) is 9.96. The van der Waals surface area contributed by atoms with Crippen LogP contribution < -0.4 is 5.32 Å². The molecule has 0 fully saturated rings. The zero-order chi connectivity index (χ0) is 19.6. The van der Waals surface area contributed by atoms with Crippen LogP contribution in [0.4, 0.5) is 5.69 Å². The molecule has 2 aliphatic rings. The van der Waals surface area contributed by atoms with Gasteiger partial charge < -0.3 is 14.6 Å². The Labute approximate surface area is 165 Å². The molecule has 5 nitrogen and oxygen atoms in total. The molecule has 0 saturated heterocycles. The monoisotopic (exact) mass is 374 g/mol. The van der Waals surface area contributed by atoms with Gasteiger partial charge in [-0.3, -0.25) is 4.79 Å². The van der Waals surface area contributed by atoms with Gasteiger partial charge in [-0.25, -0.2) is 4.98 Å². The number of hydrogen-bond donors (Lipinski definition) is 1. The number of nitrogens with one attached hydrogen (secondary N) is 1. The molecule has 1 N–H and O–H groups in total. The Hall–Kier alpha value is -2.82. The number of carbonyl (C=O) groups is 1. The Balaban J connectivity index is 1.68. The van der Waals surface area contributed by atoms with Gasteiger partial charge in [-0.2, -0.15) is 0 Å². The predicted octanol–water partition coefficient (Wildman–Crippen LogP) is 3.55. The molecule has 0 radical (unpaired) electrons. The van der Waals surface area contributed by atoms with Crippen molar-refractivity contribution < 1.29 is 4.79 Å². The van der Waals surface area contributed by atoms with Crippen LogP contribution >= 0.6 is 0 Å². The van der Waals surface area contributed by atoms with E-state index in [0.717, 1.165) is 59.5 Å². The van der Waals surface area contributed by atoms with Crippen molar-refractivity contribution in [1.82, 2.24) is 14.3 Å². The van der Waals surface area contributed by atoms with Crippen LogP contribution in [0.15, 0.2) is 30.5 Å². The Morgan fingerprint density at radius 3 is 2.50 bits per heavy atom.